The van der Waals surface area contributed by atoms with E-state index in [1.54, 1.807) is 40.8 Å². The number of benzene rings is 3. The number of aliphatic hydroxyl groups excluding tert-OH is 1. The molecule has 1 fully saturated rings. The van der Waals surface area contributed by atoms with Gasteiger partial charge in [0.2, 0.25) is 0 Å². The lowest BCUT2D eigenvalue weighted by atomic mass is 9.97. The molecular weight excluding hydrogens is 833 g/mol. The number of piperazine rings is 1. The number of carbonyl (C=O) groups excluding carboxylic acids is 2. The number of esters is 1. The number of hydrogen-bond donors (Lipinski definition) is 4. The molecule has 4 N–H and O–H groups in total. The summed E-state index contributed by atoms with van der Waals surface area (Å²) in [7, 11) is 1.72. The van der Waals surface area contributed by atoms with E-state index in [0.29, 0.717) is 59.0 Å². The van der Waals surface area contributed by atoms with Crippen molar-refractivity contribution >= 4 is 23.0 Å². The fourth-order valence-electron chi connectivity index (χ4n) is 8.85. The lowest BCUT2D eigenvalue weighted by Gasteiger charge is -2.35. The molecule has 6 aromatic rings. The summed E-state index contributed by atoms with van der Waals surface area (Å²) in [5.41, 5.74) is 6.08. The van der Waals surface area contributed by atoms with Crippen LogP contribution in [0, 0.1) is 0 Å². The van der Waals surface area contributed by atoms with Crippen LogP contribution in [0.15, 0.2) is 70.3 Å². The summed E-state index contributed by atoms with van der Waals surface area (Å²) in [5, 5.41) is 39.0. The van der Waals surface area contributed by atoms with Crippen LogP contribution in [0.3, 0.4) is 0 Å². The predicted molar refractivity (Wildman–Crippen MR) is 243 cm³/mol. The largest absolute Gasteiger partial charge is 0.508 e. The molecule has 3 aromatic heterocycles. The number of likely N-dealkylation sites (N-methyl/N-ethyl adjacent to an activating group) is 1. The molecule has 0 aliphatic carbocycles. The van der Waals surface area contributed by atoms with Gasteiger partial charge in [-0.3, -0.25) is 14.6 Å². The quantitative estimate of drug-likeness (QED) is 0.127. The number of aryl methyl sites for hydroxylation is 1. The van der Waals surface area contributed by atoms with Gasteiger partial charge < -0.3 is 34.3 Å². The second-order valence-electron chi connectivity index (χ2n) is 16.7. The van der Waals surface area contributed by atoms with E-state index in [9.17, 15) is 34.5 Å². The lowest BCUT2D eigenvalue weighted by Crippen LogP contribution is -2.48. The van der Waals surface area contributed by atoms with Gasteiger partial charge in [0.15, 0.2) is 11.9 Å². The zero-order valence-electron chi connectivity index (χ0n) is 37.4. The summed E-state index contributed by atoms with van der Waals surface area (Å²) >= 11 is 0. The molecule has 17 heteroatoms. The number of cyclic esters (lactones) is 1. The van der Waals surface area contributed by atoms with E-state index in [-0.39, 0.29) is 53.1 Å². The summed E-state index contributed by atoms with van der Waals surface area (Å²) < 4.78 is 13.9. The highest BCUT2D eigenvalue weighted by atomic mass is 16.6. The minimum absolute atomic E-state index is 0.00969. The zero-order chi connectivity index (χ0) is 46.3. The van der Waals surface area contributed by atoms with Gasteiger partial charge >= 0.3 is 17.8 Å². The molecule has 1 saturated heterocycles. The molecule has 3 aliphatic rings. The number of amides is 1. The van der Waals surface area contributed by atoms with Crippen LogP contribution in [0.5, 0.6) is 17.2 Å². The average molecular weight is 887 g/mol. The van der Waals surface area contributed by atoms with Gasteiger partial charge in [0, 0.05) is 75.4 Å². The van der Waals surface area contributed by atoms with Gasteiger partial charge in [-0.2, -0.15) is 5.10 Å². The molecule has 340 valence electrons. The Morgan fingerprint density at radius 3 is 2.38 bits per heavy atom. The van der Waals surface area contributed by atoms with Crippen molar-refractivity contribution in [3.8, 4) is 45.7 Å². The number of phenolic OH excluding ortho intramolecular Hbond substituents is 2. The molecule has 1 atom stereocenters. The van der Waals surface area contributed by atoms with Gasteiger partial charge in [-0.25, -0.2) is 29.0 Å². The number of rotatable bonds is 10. The third-order valence-corrected chi connectivity index (χ3v) is 12.4. The maximum Gasteiger partial charge on any atom is 0.415 e. The molecule has 0 bridgehead atoms. The minimum atomic E-state index is -1.53. The Kier molecular flexibility index (Phi) is 12.6. The predicted octanol–water partition coefficient (Wildman–Crippen LogP) is 5.43. The van der Waals surface area contributed by atoms with Crippen molar-refractivity contribution in [3.63, 3.8) is 0 Å². The summed E-state index contributed by atoms with van der Waals surface area (Å²) in [5.74, 6) is -0.360. The van der Waals surface area contributed by atoms with E-state index < -0.39 is 23.9 Å². The van der Waals surface area contributed by atoms with Gasteiger partial charge in [-0.05, 0) is 71.5 Å². The van der Waals surface area contributed by atoms with Crippen molar-refractivity contribution in [2.45, 2.75) is 72.8 Å². The Balaban J connectivity index is 0.00000284. The molecule has 3 aromatic carbocycles. The number of aromatic nitrogens is 5. The molecule has 65 heavy (non-hydrogen) atoms. The normalized spacial score (nSPS) is 15.8. The lowest BCUT2D eigenvalue weighted by molar-refractivity contribution is -0.157. The fraction of sp³-hybridized carbons (Fsp3) is 0.375. The van der Waals surface area contributed by atoms with E-state index in [1.165, 1.54) is 10.6 Å². The van der Waals surface area contributed by atoms with Gasteiger partial charge in [0.05, 0.1) is 40.3 Å². The zero-order valence-corrected chi connectivity index (χ0v) is 37.4. The number of pyridine rings is 2. The molecule has 0 spiro atoms. The molecular formula is C48H54N8O9. The molecule has 9 rings (SSSR count). The molecule has 6 heterocycles. The van der Waals surface area contributed by atoms with Crippen LogP contribution in [-0.2, 0) is 35.6 Å². The number of aromatic amines is 1. The maximum atomic E-state index is 13.5. The van der Waals surface area contributed by atoms with E-state index in [1.807, 2.05) is 65.0 Å². The highest BCUT2D eigenvalue weighted by molar-refractivity contribution is 5.90. The second kappa shape index (κ2) is 18.3. The van der Waals surface area contributed by atoms with E-state index in [4.69, 9.17) is 14.5 Å². The number of nitrogens with zero attached hydrogens (tertiary/aromatic N) is 7. The van der Waals surface area contributed by atoms with Crippen LogP contribution < -0.4 is 16.0 Å². The van der Waals surface area contributed by atoms with Crippen molar-refractivity contribution in [2.75, 3.05) is 46.3 Å². The van der Waals surface area contributed by atoms with Crippen molar-refractivity contribution < 1.29 is 34.4 Å². The van der Waals surface area contributed by atoms with Crippen molar-refractivity contribution in [2.24, 2.45) is 0 Å². The Hall–Kier alpha value is -6.82. The molecule has 3 aliphatic heterocycles. The van der Waals surface area contributed by atoms with Crippen molar-refractivity contribution in [1.29, 1.82) is 0 Å². The van der Waals surface area contributed by atoms with Crippen LogP contribution in [0.4, 0.5) is 4.79 Å². The number of fused-ring (bicyclic) bond motifs is 5. The van der Waals surface area contributed by atoms with Crippen LogP contribution in [0.1, 0.15) is 80.0 Å². The summed E-state index contributed by atoms with van der Waals surface area (Å²) in [6.45, 7) is 15.2. The maximum absolute atomic E-state index is 13.5. The molecule has 0 saturated carbocycles. The molecule has 1 unspecified atom stereocenters. The highest BCUT2D eigenvalue weighted by Gasteiger charge is 2.35. The average Bonchev–Trinajstić information content (AvgIpc) is 3.87. The van der Waals surface area contributed by atoms with E-state index in [0.717, 1.165) is 54.8 Å². The Morgan fingerprint density at radius 2 is 1.68 bits per heavy atom. The number of hydrogen-bond acceptors (Lipinski definition) is 13. The second-order valence-corrected chi connectivity index (χ2v) is 16.7. The monoisotopic (exact) mass is 886 g/mol. The summed E-state index contributed by atoms with van der Waals surface area (Å²) in [6.07, 6.45) is -1.37. The van der Waals surface area contributed by atoms with Gasteiger partial charge in [0.25, 0.3) is 5.56 Å². The number of aliphatic hydroxyl groups is 1. The van der Waals surface area contributed by atoms with Crippen LogP contribution >= 0.6 is 0 Å². The van der Waals surface area contributed by atoms with E-state index in [2.05, 4.69) is 20.0 Å². The van der Waals surface area contributed by atoms with E-state index >= 15 is 0 Å². The number of H-pyrrole nitrogens is 1. The Labute approximate surface area is 375 Å². The first kappa shape index (κ1) is 44.8. The van der Waals surface area contributed by atoms with Gasteiger partial charge in [-0.15, -0.1) is 0 Å². The first-order valence-corrected chi connectivity index (χ1v) is 22.1. The fourth-order valence-corrected chi connectivity index (χ4v) is 8.85. The molecule has 0 radical (unpaired) electrons. The van der Waals surface area contributed by atoms with Gasteiger partial charge in [-0.1, -0.05) is 46.8 Å². The van der Waals surface area contributed by atoms with Gasteiger partial charge in [0.1, 0.15) is 23.9 Å². The highest BCUT2D eigenvalue weighted by Crippen LogP contribution is 2.40. The summed E-state index contributed by atoms with van der Waals surface area (Å²) in [4.78, 5) is 62.8. The van der Waals surface area contributed by atoms with Crippen LogP contribution in [0.25, 0.3) is 39.4 Å². The van der Waals surface area contributed by atoms with Crippen molar-refractivity contribution in [1.82, 2.24) is 39.0 Å². The SMILES string of the molecule is CC.CCc1c2c(nc3ccc(OC(=O)N(C)CCN4CCN(Cc5ccc(-n6c(-c7cc(C(C)C)c(O)cc7O)n[nH]c6=O)cc5)CC4)cc13)-c1cc3c(c(=O)n1C2)COC(=O)C3O. The molecule has 1 amide bonds. The number of phenols is 2. The first-order chi connectivity index (χ1) is 31.3. The van der Waals surface area contributed by atoms with Crippen LogP contribution in [-0.4, -0.2) is 113 Å². The summed E-state index contributed by atoms with van der Waals surface area (Å²) in [6, 6.07) is 17.6. The van der Waals surface area contributed by atoms with Crippen LogP contribution in [0.2, 0.25) is 0 Å². The third-order valence-electron chi connectivity index (χ3n) is 12.4. The van der Waals surface area contributed by atoms with Crippen molar-refractivity contribution in [3.05, 3.63) is 115 Å². The number of ether oxygens (including phenoxy) is 2. The number of carbonyl (C=O) groups is 2. The third kappa shape index (κ3) is 8.49. The molecule has 17 nitrogen and oxygen atoms in total. The minimum Gasteiger partial charge on any atom is -0.508 e. The number of nitrogens with one attached hydrogen (secondary N) is 1. The topological polar surface area (TPSA) is 209 Å². The first-order valence-electron chi connectivity index (χ1n) is 22.1. The Bertz CT molecular complexity index is 2910. The number of aromatic hydroxyl groups is 2. The Morgan fingerprint density at radius 1 is 0.954 bits per heavy atom. The smallest absolute Gasteiger partial charge is 0.415 e. The standard InChI is InChI=1S/C46H48N8O9.C2H6/c1-5-29-31-18-28(10-11-36(31)47-40-34(29)23-53-37(40)20-32-35(43(53)58)24-62-44(59)41(32)57)63-46(61)50(4)12-13-51-14-16-52(17-15-51)22-26-6-8-27(9-7-26)54-42(48-49-45(54)60)33-19-30(25(2)3)38(55)21-39(33)56;1-2/h6-11,18-21,25,41,55-57H,5,12-17,22-24H2,1-4H3,(H,49,60);1-2H3.